The van der Waals surface area contributed by atoms with Gasteiger partial charge in [-0.3, -0.25) is 0 Å². The SMILES string of the molecule is CC(C)C1NCC(c2ccccc2)=C1c1ccccc1. The first kappa shape index (κ1) is 13.1. The third kappa shape index (κ3) is 2.41. The van der Waals surface area contributed by atoms with E-state index in [9.17, 15) is 0 Å². The van der Waals surface area contributed by atoms with Crippen LogP contribution in [-0.4, -0.2) is 12.6 Å². The quantitative estimate of drug-likeness (QED) is 0.874. The fraction of sp³-hybridized carbons (Fsp3) is 0.263. The summed E-state index contributed by atoms with van der Waals surface area (Å²) in [5.74, 6) is 0.589. The molecule has 0 fully saturated rings. The third-order valence-corrected chi connectivity index (χ3v) is 4.01. The van der Waals surface area contributed by atoms with Gasteiger partial charge in [-0.15, -0.1) is 0 Å². The molecule has 1 heterocycles. The highest BCUT2D eigenvalue weighted by Gasteiger charge is 2.28. The molecule has 0 amide bonds. The van der Waals surface area contributed by atoms with Crippen LogP contribution in [0.5, 0.6) is 0 Å². The molecule has 0 saturated carbocycles. The van der Waals surface area contributed by atoms with Crippen LogP contribution in [0.2, 0.25) is 0 Å². The fourth-order valence-corrected chi connectivity index (χ4v) is 3.03. The largest absolute Gasteiger partial charge is 0.306 e. The number of rotatable bonds is 3. The van der Waals surface area contributed by atoms with Gasteiger partial charge in [0.05, 0.1) is 0 Å². The van der Waals surface area contributed by atoms with Crippen molar-refractivity contribution < 1.29 is 0 Å². The first-order valence-electron chi connectivity index (χ1n) is 7.34. The zero-order valence-corrected chi connectivity index (χ0v) is 12.1. The summed E-state index contributed by atoms with van der Waals surface area (Å²) >= 11 is 0. The lowest BCUT2D eigenvalue weighted by Crippen LogP contribution is -2.29. The summed E-state index contributed by atoms with van der Waals surface area (Å²) in [6.45, 7) is 5.53. The predicted molar refractivity (Wildman–Crippen MR) is 86.3 cm³/mol. The van der Waals surface area contributed by atoms with Crippen molar-refractivity contribution in [2.24, 2.45) is 5.92 Å². The Morgan fingerprint density at radius 1 is 0.850 bits per heavy atom. The summed E-state index contributed by atoms with van der Waals surface area (Å²) in [6.07, 6.45) is 0. The van der Waals surface area contributed by atoms with Crippen LogP contribution in [0.1, 0.15) is 25.0 Å². The first-order valence-corrected chi connectivity index (χ1v) is 7.34. The van der Waals surface area contributed by atoms with Crippen LogP contribution in [0.15, 0.2) is 60.7 Å². The molecule has 1 nitrogen and oxygen atoms in total. The summed E-state index contributed by atoms with van der Waals surface area (Å²) in [7, 11) is 0. The Labute approximate surface area is 121 Å². The molecule has 1 aliphatic rings. The van der Waals surface area contributed by atoms with E-state index in [0.29, 0.717) is 12.0 Å². The van der Waals surface area contributed by atoms with E-state index in [4.69, 9.17) is 0 Å². The molecule has 0 saturated heterocycles. The molecule has 1 atom stereocenters. The van der Waals surface area contributed by atoms with Crippen LogP contribution in [0.4, 0.5) is 0 Å². The second kappa shape index (κ2) is 5.64. The monoisotopic (exact) mass is 263 g/mol. The highest BCUT2D eigenvalue weighted by atomic mass is 14.9. The van der Waals surface area contributed by atoms with Crippen molar-refractivity contribution in [1.29, 1.82) is 0 Å². The number of hydrogen-bond acceptors (Lipinski definition) is 1. The van der Waals surface area contributed by atoms with Gasteiger partial charge in [-0.05, 0) is 28.2 Å². The minimum absolute atomic E-state index is 0.438. The molecule has 0 spiro atoms. The molecule has 2 aromatic carbocycles. The van der Waals surface area contributed by atoms with Gasteiger partial charge in [0.2, 0.25) is 0 Å². The lowest BCUT2D eigenvalue weighted by molar-refractivity contribution is 0.513. The number of nitrogens with one attached hydrogen (secondary N) is 1. The van der Waals surface area contributed by atoms with Gasteiger partial charge in [0.25, 0.3) is 0 Å². The lowest BCUT2D eigenvalue weighted by Gasteiger charge is -2.20. The van der Waals surface area contributed by atoms with E-state index in [2.05, 4.69) is 79.8 Å². The van der Waals surface area contributed by atoms with Gasteiger partial charge in [0, 0.05) is 12.6 Å². The summed E-state index contributed by atoms with van der Waals surface area (Å²) in [5, 5.41) is 3.68. The average Bonchev–Trinajstić information content (AvgIpc) is 2.94. The maximum absolute atomic E-state index is 3.68. The van der Waals surface area contributed by atoms with E-state index < -0.39 is 0 Å². The highest BCUT2D eigenvalue weighted by Crippen LogP contribution is 2.35. The van der Waals surface area contributed by atoms with E-state index in [0.717, 1.165) is 6.54 Å². The van der Waals surface area contributed by atoms with E-state index >= 15 is 0 Å². The van der Waals surface area contributed by atoms with Crippen molar-refractivity contribution in [2.75, 3.05) is 6.54 Å². The smallest absolute Gasteiger partial charge is 0.0355 e. The van der Waals surface area contributed by atoms with Gasteiger partial charge < -0.3 is 5.32 Å². The zero-order valence-electron chi connectivity index (χ0n) is 12.1. The molecule has 2 aromatic rings. The summed E-state index contributed by atoms with van der Waals surface area (Å²) < 4.78 is 0. The molecule has 0 radical (unpaired) electrons. The fourth-order valence-electron chi connectivity index (χ4n) is 3.03. The maximum Gasteiger partial charge on any atom is 0.0355 e. The third-order valence-electron chi connectivity index (χ3n) is 4.01. The Hall–Kier alpha value is -1.86. The van der Waals surface area contributed by atoms with Crippen molar-refractivity contribution in [2.45, 2.75) is 19.9 Å². The molecule has 1 unspecified atom stereocenters. The molecule has 1 heteroatoms. The van der Waals surface area contributed by atoms with Crippen LogP contribution >= 0.6 is 0 Å². The predicted octanol–water partition coefficient (Wildman–Crippen LogP) is 4.23. The Morgan fingerprint density at radius 2 is 1.40 bits per heavy atom. The van der Waals surface area contributed by atoms with Gasteiger partial charge in [-0.2, -0.15) is 0 Å². The highest BCUT2D eigenvalue weighted by molar-refractivity contribution is 5.96. The van der Waals surface area contributed by atoms with Gasteiger partial charge >= 0.3 is 0 Å². The van der Waals surface area contributed by atoms with Gasteiger partial charge in [-0.1, -0.05) is 74.5 Å². The van der Waals surface area contributed by atoms with Crippen LogP contribution in [0, 0.1) is 5.92 Å². The topological polar surface area (TPSA) is 12.0 Å². The van der Waals surface area contributed by atoms with E-state index in [1.807, 2.05) is 0 Å². The normalized spacial score (nSPS) is 18.9. The van der Waals surface area contributed by atoms with E-state index in [-0.39, 0.29) is 0 Å². The minimum Gasteiger partial charge on any atom is -0.306 e. The van der Waals surface area contributed by atoms with E-state index in [1.54, 1.807) is 0 Å². The van der Waals surface area contributed by atoms with Crippen molar-refractivity contribution in [3.63, 3.8) is 0 Å². The molecule has 0 bridgehead atoms. The summed E-state index contributed by atoms with van der Waals surface area (Å²) in [6, 6.07) is 22.0. The van der Waals surface area contributed by atoms with Crippen LogP contribution in [0.25, 0.3) is 11.1 Å². The van der Waals surface area contributed by atoms with Gasteiger partial charge in [-0.25, -0.2) is 0 Å². The Bertz CT molecular complexity index is 596. The Morgan fingerprint density at radius 3 is 1.95 bits per heavy atom. The second-order valence-corrected chi connectivity index (χ2v) is 5.73. The Kier molecular flexibility index (Phi) is 3.70. The average molecular weight is 263 g/mol. The molecule has 1 aliphatic heterocycles. The molecule has 3 rings (SSSR count). The molecule has 0 aromatic heterocycles. The van der Waals surface area contributed by atoms with Gasteiger partial charge in [0.1, 0.15) is 0 Å². The van der Waals surface area contributed by atoms with Gasteiger partial charge in [0.15, 0.2) is 0 Å². The molecular weight excluding hydrogens is 242 g/mol. The number of benzene rings is 2. The molecule has 1 N–H and O–H groups in total. The van der Waals surface area contributed by atoms with Crippen LogP contribution in [0.3, 0.4) is 0 Å². The molecule has 20 heavy (non-hydrogen) atoms. The van der Waals surface area contributed by atoms with Crippen molar-refractivity contribution in [1.82, 2.24) is 5.32 Å². The maximum atomic E-state index is 3.68. The van der Waals surface area contributed by atoms with Crippen molar-refractivity contribution in [3.8, 4) is 0 Å². The molecule has 0 aliphatic carbocycles. The molecule has 102 valence electrons. The molecular formula is C19H21N. The van der Waals surface area contributed by atoms with Crippen molar-refractivity contribution in [3.05, 3.63) is 71.8 Å². The lowest BCUT2D eigenvalue weighted by atomic mass is 9.88. The van der Waals surface area contributed by atoms with Crippen LogP contribution in [-0.2, 0) is 0 Å². The Balaban J connectivity index is 2.14. The van der Waals surface area contributed by atoms with Crippen molar-refractivity contribution >= 4 is 11.1 Å². The van der Waals surface area contributed by atoms with Crippen LogP contribution < -0.4 is 5.32 Å². The second-order valence-electron chi connectivity index (χ2n) is 5.73. The zero-order chi connectivity index (χ0) is 13.9. The first-order chi connectivity index (χ1) is 9.77. The summed E-state index contributed by atoms with van der Waals surface area (Å²) in [4.78, 5) is 0. The number of hydrogen-bond donors (Lipinski definition) is 1. The standard InChI is InChI=1S/C19H21N/c1-14(2)19-18(16-11-7-4-8-12-16)17(13-20-19)15-9-5-3-6-10-15/h3-12,14,19-20H,13H2,1-2H3. The minimum atomic E-state index is 0.438. The van der Waals surface area contributed by atoms with E-state index in [1.165, 1.54) is 22.3 Å². The summed E-state index contributed by atoms with van der Waals surface area (Å²) in [5.41, 5.74) is 5.58.